The van der Waals surface area contributed by atoms with Gasteiger partial charge in [0.2, 0.25) is 0 Å². The summed E-state index contributed by atoms with van der Waals surface area (Å²) in [5, 5.41) is 0. The normalized spacial score (nSPS) is 19.2. The minimum Gasteiger partial charge on any atom is -0.489 e. The summed E-state index contributed by atoms with van der Waals surface area (Å²) in [7, 11) is 0. The van der Waals surface area contributed by atoms with Gasteiger partial charge in [0.05, 0.1) is 19.8 Å². The van der Waals surface area contributed by atoms with Crippen molar-refractivity contribution in [3.63, 3.8) is 0 Å². The van der Waals surface area contributed by atoms with Gasteiger partial charge in [-0.1, -0.05) is 6.92 Å². The van der Waals surface area contributed by atoms with Crippen molar-refractivity contribution in [3.8, 4) is 0 Å². The van der Waals surface area contributed by atoms with Crippen molar-refractivity contribution in [3.05, 3.63) is 12.7 Å². The summed E-state index contributed by atoms with van der Waals surface area (Å²) in [6, 6.07) is 0. The van der Waals surface area contributed by atoms with Crippen LogP contribution >= 0.6 is 0 Å². The number of carbonyl (C=O) groups excluding carboxylic acids is 1. The maximum absolute atomic E-state index is 10.7. The van der Waals surface area contributed by atoms with Gasteiger partial charge in [0.1, 0.15) is 12.8 Å². The number of carbonyl (C=O) groups is 1. The van der Waals surface area contributed by atoms with E-state index in [9.17, 15) is 4.79 Å². The number of ether oxygens (including phenoxy) is 3. The molecule has 0 atom stereocenters. The van der Waals surface area contributed by atoms with Crippen LogP contribution < -0.4 is 58.2 Å². The average Bonchev–Trinajstić information content (AvgIpc) is 2.15. The van der Waals surface area contributed by atoms with Crippen LogP contribution in [-0.2, 0) is 19.0 Å². The summed E-state index contributed by atoms with van der Waals surface area (Å²) in [6.07, 6.45) is 2.13. The molecular weight excluding hydrogens is 258 g/mol. The number of hydrogen-bond acceptors (Lipinski definition) is 4. The van der Waals surface area contributed by atoms with Gasteiger partial charge in [-0.05, 0) is 0 Å². The van der Waals surface area contributed by atoms with E-state index >= 15 is 0 Å². The molecule has 0 aromatic carbocycles. The first kappa shape index (κ1) is 14.9. The molecule has 0 saturated carbocycles. The fourth-order valence-electron chi connectivity index (χ4n) is 1.05. The van der Waals surface area contributed by atoms with Gasteiger partial charge in [0, 0.05) is 5.41 Å². The van der Waals surface area contributed by atoms with Crippen molar-refractivity contribution in [2.24, 2.45) is 5.41 Å². The summed E-state index contributed by atoms with van der Waals surface area (Å²) >= 11 is 0. The van der Waals surface area contributed by atoms with E-state index in [1.165, 1.54) is 0 Å². The molecule has 1 aliphatic rings. The maximum atomic E-state index is 10.7. The van der Waals surface area contributed by atoms with Crippen molar-refractivity contribution in [2.75, 3.05) is 26.6 Å². The first-order chi connectivity index (χ1) is 6.16. The zero-order chi connectivity index (χ0) is 9.73. The largest absolute Gasteiger partial charge is 1.00 e. The first-order valence-electron chi connectivity index (χ1n) is 4.02. The molecule has 0 spiro atoms. The third-order valence-electron chi connectivity index (χ3n) is 1.76. The molecule has 0 aliphatic carbocycles. The molecule has 14 heavy (non-hydrogen) atoms. The van der Waals surface area contributed by atoms with Crippen LogP contribution in [0.3, 0.4) is 0 Å². The average molecular weight is 271 g/mol. The summed E-state index contributed by atoms with van der Waals surface area (Å²) in [5.74, 6) is -0.535. The molecule has 74 valence electrons. The standard InChI is InChI=1S/C9H13O4.Rb/c1-3-8(10)13-6-9(2)4-11-7-12-5-9;/h1,4-7H2,2H3;/q-1;+1. The van der Waals surface area contributed by atoms with Crippen LogP contribution in [0.5, 0.6) is 0 Å². The van der Waals surface area contributed by atoms with Crippen molar-refractivity contribution < 1.29 is 77.2 Å². The Hall–Kier alpha value is 0.935. The van der Waals surface area contributed by atoms with E-state index in [4.69, 9.17) is 14.2 Å². The molecule has 1 fully saturated rings. The quantitative estimate of drug-likeness (QED) is 0.324. The van der Waals surface area contributed by atoms with E-state index in [-0.39, 0.29) is 70.2 Å². The van der Waals surface area contributed by atoms with Gasteiger partial charge >= 0.3 is 58.2 Å². The van der Waals surface area contributed by atoms with Crippen LogP contribution in [-0.4, -0.2) is 32.6 Å². The molecule has 1 rings (SSSR count). The third kappa shape index (κ3) is 5.14. The first-order valence-corrected chi connectivity index (χ1v) is 4.02. The zero-order valence-corrected chi connectivity index (χ0v) is 13.6. The van der Waals surface area contributed by atoms with Gasteiger partial charge in [-0.2, -0.15) is 0 Å². The summed E-state index contributed by atoms with van der Waals surface area (Å²) in [5.41, 5.74) is -0.245. The van der Waals surface area contributed by atoms with Crippen molar-refractivity contribution >= 4 is 5.97 Å². The number of rotatable bonds is 3. The fraction of sp³-hybridized carbons (Fsp3) is 0.667. The van der Waals surface area contributed by atoms with Gasteiger partial charge in [-0.3, -0.25) is 11.4 Å². The van der Waals surface area contributed by atoms with Crippen LogP contribution in [0.15, 0.2) is 6.58 Å². The zero-order valence-electron chi connectivity index (χ0n) is 8.67. The Bertz CT molecular complexity index is 199. The van der Waals surface area contributed by atoms with Crippen LogP contribution in [0.1, 0.15) is 6.92 Å². The Morgan fingerprint density at radius 1 is 1.57 bits per heavy atom. The van der Waals surface area contributed by atoms with Gasteiger partial charge in [-0.15, -0.1) is 0 Å². The summed E-state index contributed by atoms with van der Waals surface area (Å²) < 4.78 is 15.1. The molecular formula is C9H13O4Rb. The number of hydrogen-bond donors (Lipinski definition) is 0. The van der Waals surface area contributed by atoms with Crippen molar-refractivity contribution in [1.29, 1.82) is 0 Å². The van der Waals surface area contributed by atoms with Gasteiger partial charge < -0.3 is 20.3 Å². The fourth-order valence-corrected chi connectivity index (χ4v) is 1.05. The second-order valence-corrected chi connectivity index (χ2v) is 3.38. The van der Waals surface area contributed by atoms with Crippen LogP contribution in [0.2, 0.25) is 0 Å². The monoisotopic (exact) mass is 270 g/mol. The Balaban J connectivity index is 0.00000169. The van der Waals surface area contributed by atoms with Crippen LogP contribution in [0, 0.1) is 11.5 Å². The van der Waals surface area contributed by atoms with E-state index in [1.807, 2.05) is 6.92 Å². The summed E-state index contributed by atoms with van der Waals surface area (Å²) in [4.78, 5) is 10.7. The molecule has 0 bridgehead atoms. The Labute approximate surface area is 133 Å². The Kier molecular flexibility index (Phi) is 7.73. The van der Waals surface area contributed by atoms with Crippen molar-refractivity contribution in [2.45, 2.75) is 6.92 Å². The molecule has 0 aromatic rings. The van der Waals surface area contributed by atoms with Gasteiger partial charge in [0.15, 0.2) is 0 Å². The van der Waals surface area contributed by atoms with E-state index in [2.05, 4.69) is 12.7 Å². The molecule has 4 nitrogen and oxygen atoms in total. The molecule has 1 heterocycles. The van der Waals surface area contributed by atoms with Crippen molar-refractivity contribution in [1.82, 2.24) is 0 Å². The minimum atomic E-state index is -0.535. The van der Waals surface area contributed by atoms with Crippen LogP contribution in [0.4, 0.5) is 0 Å². The molecule has 0 unspecified atom stereocenters. The molecule has 1 saturated heterocycles. The summed E-state index contributed by atoms with van der Waals surface area (Å²) in [6.45, 7) is 6.79. The Morgan fingerprint density at radius 2 is 2.14 bits per heavy atom. The van der Waals surface area contributed by atoms with Gasteiger partial charge in [-0.25, -0.2) is 0 Å². The molecule has 0 radical (unpaired) electrons. The molecule has 0 N–H and O–H groups in total. The molecule has 1 aliphatic heterocycles. The van der Waals surface area contributed by atoms with E-state index in [0.29, 0.717) is 20.0 Å². The second-order valence-electron chi connectivity index (χ2n) is 3.38. The maximum Gasteiger partial charge on any atom is 1.00 e. The predicted octanol–water partition coefficient (Wildman–Crippen LogP) is -2.47. The van der Waals surface area contributed by atoms with E-state index in [0.717, 1.165) is 0 Å². The topological polar surface area (TPSA) is 44.8 Å². The minimum absolute atomic E-state index is 0. The number of esters is 1. The van der Waals surface area contributed by atoms with Gasteiger partial charge in [0.25, 0.3) is 0 Å². The molecule has 5 heteroatoms. The van der Waals surface area contributed by atoms with E-state index in [1.54, 1.807) is 0 Å². The smallest absolute Gasteiger partial charge is 0.489 e. The SMILES string of the molecule is C=[C-]C(=O)OCC1(C)COCOC1.[Rb+]. The molecule has 0 aromatic heterocycles. The predicted molar refractivity (Wildman–Crippen MR) is 44.7 cm³/mol. The van der Waals surface area contributed by atoms with Crippen LogP contribution in [0.25, 0.3) is 0 Å². The Morgan fingerprint density at radius 3 is 2.64 bits per heavy atom. The molecule has 0 amide bonds. The van der Waals surface area contributed by atoms with E-state index < -0.39 is 5.97 Å². The third-order valence-corrected chi connectivity index (χ3v) is 1.76. The second kappa shape index (κ2) is 7.25.